The maximum atomic E-state index is 11.6. The van der Waals surface area contributed by atoms with E-state index < -0.39 is 0 Å². The summed E-state index contributed by atoms with van der Waals surface area (Å²) in [4.78, 5) is 11.6. The third-order valence-corrected chi connectivity index (χ3v) is 3.09. The van der Waals surface area contributed by atoms with Crippen LogP contribution in [0.1, 0.15) is 39.5 Å². The standard InChI is InChI=1S/C12H26N2O2/c1-3-10(5-6-15)9-14-12(16)7-11(4-2)8-13/h10-11,15H,3-9,13H2,1-2H3,(H,14,16). The van der Waals surface area contributed by atoms with E-state index in [4.69, 9.17) is 10.8 Å². The van der Waals surface area contributed by atoms with E-state index in [2.05, 4.69) is 12.2 Å². The van der Waals surface area contributed by atoms with Crippen LogP contribution in [0.4, 0.5) is 0 Å². The van der Waals surface area contributed by atoms with Crippen molar-refractivity contribution in [1.82, 2.24) is 5.32 Å². The van der Waals surface area contributed by atoms with Crippen molar-refractivity contribution in [2.45, 2.75) is 39.5 Å². The Morgan fingerprint density at radius 2 is 1.94 bits per heavy atom. The minimum Gasteiger partial charge on any atom is -0.396 e. The monoisotopic (exact) mass is 230 g/mol. The summed E-state index contributed by atoms with van der Waals surface area (Å²) >= 11 is 0. The van der Waals surface area contributed by atoms with Crippen LogP contribution in [0.2, 0.25) is 0 Å². The van der Waals surface area contributed by atoms with Crippen LogP contribution in [-0.4, -0.2) is 30.7 Å². The molecule has 4 heteroatoms. The zero-order valence-corrected chi connectivity index (χ0v) is 10.5. The lowest BCUT2D eigenvalue weighted by Crippen LogP contribution is -2.32. The molecule has 0 aliphatic heterocycles. The molecular weight excluding hydrogens is 204 g/mol. The molecule has 2 atom stereocenters. The average molecular weight is 230 g/mol. The maximum Gasteiger partial charge on any atom is 0.220 e. The summed E-state index contributed by atoms with van der Waals surface area (Å²) in [6.07, 6.45) is 3.19. The summed E-state index contributed by atoms with van der Waals surface area (Å²) in [6, 6.07) is 0. The van der Waals surface area contributed by atoms with Gasteiger partial charge >= 0.3 is 0 Å². The van der Waals surface area contributed by atoms with Crippen molar-refractivity contribution >= 4 is 5.91 Å². The minimum absolute atomic E-state index is 0.0775. The molecule has 0 bridgehead atoms. The van der Waals surface area contributed by atoms with Gasteiger partial charge in [-0.3, -0.25) is 4.79 Å². The molecular formula is C12H26N2O2. The lowest BCUT2D eigenvalue weighted by atomic mass is 10.0. The second-order valence-electron chi connectivity index (χ2n) is 4.30. The van der Waals surface area contributed by atoms with Crippen molar-refractivity contribution in [3.63, 3.8) is 0 Å². The summed E-state index contributed by atoms with van der Waals surface area (Å²) < 4.78 is 0. The molecule has 0 aromatic heterocycles. The lowest BCUT2D eigenvalue weighted by Gasteiger charge is -2.16. The molecule has 2 unspecified atom stereocenters. The molecule has 0 heterocycles. The van der Waals surface area contributed by atoms with Crippen molar-refractivity contribution in [2.75, 3.05) is 19.7 Å². The molecule has 0 rings (SSSR count). The maximum absolute atomic E-state index is 11.6. The van der Waals surface area contributed by atoms with Gasteiger partial charge in [-0.1, -0.05) is 26.7 Å². The number of rotatable bonds is 9. The lowest BCUT2D eigenvalue weighted by molar-refractivity contribution is -0.122. The topological polar surface area (TPSA) is 75.3 Å². The number of carbonyl (C=O) groups is 1. The van der Waals surface area contributed by atoms with E-state index in [0.717, 1.165) is 19.3 Å². The fourth-order valence-corrected chi connectivity index (χ4v) is 1.62. The molecule has 16 heavy (non-hydrogen) atoms. The van der Waals surface area contributed by atoms with E-state index in [-0.39, 0.29) is 18.4 Å². The van der Waals surface area contributed by atoms with Gasteiger partial charge < -0.3 is 16.2 Å². The number of carbonyl (C=O) groups excluding carboxylic acids is 1. The molecule has 0 aromatic rings. The van der Waals surface area contributed by atoms with Gasteiger partial charge in [0, 0.05) is 19.6 Å². The van der Waals surface area contributed by atoms with Crippen LogP contribution in [-0.2, 0) is 4.79 Å². The van der Waals surface area contributed by atoms with Gasteiger partial charge in [0.25, 0.3) is 0 Å². The molecule has 0 aliphatic carbocycles. The van der Waals surface area contributed by atoms with E-state index in [1.54, 1.807) is 0 Å². The summed E-state index contributed by atoms with van der Waals surface area (Å²) in [5.41, 5.74) is 5.55. The molecule has 0 aromatic carbocycles. The number of nitrogens with one attached hydrogen (secondary N) is 1. The van der Waals surface area contributed by atoms with Gasteiger partial charge in [0.15, 0.2) is 0 Å². The van der Waals surface area contributed by atoms with Crippen molar-refractivity contribution in [3.05, 3.63) is 0 Å². The molecule has 0 radical (unpaired) electrons. The summed E-state index contributed by atoms with van der Waals surface area (Å²) in [5, 5.41) is 11.7. The summed E-state index contributed by atoms with van der Waals surface area (Å²) in [5.74, 6) is 0.749. The van der Waals surface area contributed by atoms with Crippen molar-refractivity contribution < 1.29 is 9.90 Å². The highest BCUT2D eigenvalue weighted by Crippen LogP contribution is 2.08. The summed E-state index contributed by atoms with van der Waals surface area (Å²) in [7, 11) is 0. The number of amides is 1. The first-order chi connectivity index (χ1) is 7.67. The van der Waals surface area contributed by atoms with Gasteiger partial charge in [0.1, 0.15) is 0 Å². The van der Waals surface area contributed by atoms with Crippen LogP contribution in [0.15, 0.2) is 0 Å². The fraction of sp³-hybridized carbons (Fsp3) is 0.917. The van der Waals surface area contributed by atoms with Crippen LogP contribution in [0.25, 0.3) is 0 Å². The Morgan fingerprint density at radius 3 is 2.38 bits per heavy atom. The SMILES string of the molecule is CCC(CCO)CNC(=O)CC(CC)CN. The predicted molar refractivity (Wildman–Crippen MR) is 65.9 cm³/mol. The van der Waals surface area contributed by atoms with Crippen LogP contribution >= 0.6 is 0 Å². The van der Waals surface area contributed by atoms with E-state index in [1.807, 2.05) is 6.92 Å². The highest BCUT2D eigenvalue weighted by atomic mass is 16.3. The second-order valence-corrected chi connectivity index (χ2v) is 4.30. The Bertz CT molecular complexity index is 182. The molecule has 1 amide bonds. The molecule has 0 fully saturated rings. The zero-order valence-electron chi connectivity index (χ0n) is 10.5. The average Bonchev–Trinajstić information content (AvgIpc) is 2.31. The van der Waals surface area contributed by atoms with Crippen LogP contribution in [0.3, 0.4) is 0 Å². The Kier molecular flexibility index (Phi) is 9.24. The van der Waals surface area contributed by atoms with E-state index in [1.165, 1.54) is 0 Å². The number of hydrogen-bond acceptors (Lipinski definition) is 3. The minimum atomic E-state index is 0.0775. The van der Waals surface area contributed by atoms with E-state index >= 15 is 0 Å². The van der Waals surface area contributed by atoms with Crippen LogP contribution in [0.5, 0.6) is 0 Å². The Morgan fingerprint density at radius 1 is 1.31 bits per heavy atom. The van der Waals surface area contributed by atoms with Crippen LogP contribution < -0.4 is 11.1 Å². The number of nitrogens with two attached hydrogens (primary N) is 1. The van der Waals surface area contributed by atoms with Gasteiger partial charge in [-0.15, -0.1) is 0 Å². The largest absolute Gasteiger partial charge is 0.396 e. The van der Waals surface area contributed by atoms with Gasteiger partial charge in [-0.2, -0.15) is 0 Å². The normalized spacial score (nSPS) is 14.5. The van der Waals surface area contributed by atoms with Crippen molar-refractivity contribution in [2.24, 2.45) is 17.6 Å². The van der Waals surface area contributed by atoms with E-state index in [9.17, 15) is 4.79 Å². The van der Waals surface area contributed by atoms with Crippen molar-refractivity contribution in [1.29, 1.82) is 0 Å². The predicted octanol–water partition coefficient (Wildman–Crippen LogP) is 0.886. The Labute approximate surface area is 98.6 Å². The van der Waals surface area contributed by atoms with Crippen molar-refractivity contribution in [3.8, 4) is 0 Å². The molecule has 4 nitrogen and oxygen atoms in total. The van der Waals surface area contributed by atoms with Crippen LogP contribution in [0, 0.1) is 11.8 Å². The highest BCUT2D eigenvalue weighted by Gasteiger charge is 2.12. The molecule has 0 spiro atoms. The molecule has 0 aliphatic rings. The quantitative estimate of drug-likeness (QED) is 0.550. The molecule has 0 saturated heterocycles. The third kappa shape index (κ3) is 6.80. The first-order valence-electron chi connectivity index (χ1n) is 6.25. The summed E-state index contributed by atoms with van der Waals surface area (Å²) in [6.45, 7) is 5.54. The molecule has 0 saturated carbocycles. The van der Waals surface area contributed by atoms with Gasteiger partial charge in [0.2, 0.25) is 5.91 Å². The Hall–Kier alpha value is -0.610. The number of hydrogen-bond donors (Lipinski definition) is 3. The first kappa shape index (κ1) is 15.4. The van der Waals surface area contributed by atoms with Gasteiger partial charge in [-0.05, 0) is 24.8 Å². The second kappa shape index (κ2) is 9.60. The Balaban J connectivity index is 3.78. The van der Waals surface area contributed by atoms with E-state index in [0.29, 0.717) is 25.4 Å². The fourth-order valence-electron chi connectivity index (χ4n) is 1.62. The van der Waals surface area contributed by atoms with Gasteiger partial charge in [0.05, 0.1) is 0 Å². The van der Waals surface area contributed by atoms with Gasteiger partial charge in [-0.25, -0.2) is 0 Å². The number of aliphatic hydroxyl groups is 1. The number of aliphatic hydroxyl groups excluding tert-OH is 1. The molecule has 4 N–H and O–H groups in total. The highest BCUT2D eigenvalue weighted by molar-refractivity contribution is 5.76. The third-order valence-electron chi connectivity index (χ3n) is 3.09. The first-order valence-corrected chi connectivity index (χ1v) is 6.25. The molecule has 96 valence electrons. The smallest absolute Gasteiger partial charge is 0.220 e. The zero-order chi connectivity index (χ0) is 12.4.